The maximum Gasteiger partial charge on any atom is 0.173 e. The lowest BCUT2D eigenvalue weighted by molar-refractivity contribution is -0.135. The molecule has 19 heavy (non-hydrogen) atoms. The number of fused-ring (bicyclic) bond motifs is 1. The minimum absolute atomic E-state index is 0.0475. The molecule has 1 saturated carbocycles. The van der Waals surface area contributed by atoms with Crippen LogP contribution in [0.2, 0.25) is 0 Å². The molecule has 2 nitrogen and oxygen atoms in total. The first-order chi connectivity index (χ1) is 9.05. The summed E-state index contributed by atoms with van der Waals surface area (Å²) in [7, 11) is 0. The van der Waals surface area contributed by atoms with Crippen LogP contribution < -0.4 is 0 Å². The van der Waals surface area contributed by atoms with Crippen LogP contribution in [0.4, 0.5) is 0 Å². The van der Waals surface area contributed by atoms with Gasteiger partial charge in [0.1, 0.15) is 6.29 Å². The molecule has 0 N–H and O–H groups in total. The average molecular weight is 272 g/mol. The van der Waals surface area contributed by atoms with Crippen molar-refractivity contribution in [2.45, 2.75) is 25.2 Å². The fraction of sp³-hybridized carbons (Fsp3) is 0.375. The zero-order chi connectivity index (χ0) is 13.6. The molecule has 0 unspecified atom stereocenters. The van der Waals surface area contributed by atoms with E-state index in [1.165, 1.54) is 11.8 Å². The fourth-order valence-corrected chi connectivity index (χ4v) is 4.29. The Balaban J connectivity index is 2.00. The Labute approximate surface area is 117 Å². The first-order valence-electron chi connectivity index (χ1n) is 6.52. The van der Waals surface area contributed by atoms with Crippen LogP contribution in [-0.4, -0.2) is 12.1 Å². The number of benzene rings is 1. The summed E-state index contributed by atoms with van der Waals surface area (Å²) in [6, 6.07) is 9.78. The number of thioether (sulfide) groups is 1. The zero-order valence-electron chi connectivity index (χ0n) is 11.1. The Hall–Kier alpha value is -1.35. The minimum Gasteiger partial charge on any atom is -0.298 e. The third kappa shape index (κ3) is 1.79. The highest BCUT2D eigenvalue weighted by atomic mass is 32.2. The molecule has 1 fully saturated rings. The van der Waals surface area contributed by atoms with Crippen molar-refractivity contribution in [1.82, 2.24) is 0 Å². The SMILES string of the molecule is CC1(C)[C@@H]2C[C@H]1C(C=O)=C(Sc1ccccc1)C2=O. The van der Waals surface area contributed by atoms with E-state index in [1.807, 2.05) is 30.3 Å². The van der Waals surface area contributed by atoms with Gasteiger partial charge in [-0.05, 0) is 29.9 Å². The minimum atomic E-state index is -0.0475. The van der Waals surface area contributed by atoms with Crippen LogP contribution in [0.15, 0.2) is 45.7 Å². The Morgan fingerprint density at radius 3 is 2.47 bits per heavy atom. The number of rotatable bonds is 3. The third-order valence-electron chi connectivity index (χ3n) is 4.54. The first kappa shape index (κ1) is 12.7. The van der Waals surface area contributed by atoms with Crippen molar-refractivity contribution < 1.29 is 9.59 Å². The molecule has 3 aliphatic carbocycles. The van der Waals surface area contributed by atoms with E-state index < -0.39 is 0 Å². The highest BCUT2D eigenvalue weighted by molar-refractivity contribution is 8.04. The molecule has 0 heterocycles. The predicted octanol–water partition coefficient (Wildman–Crippen LogP) is 3.48. The van der Waals surface area contributed by atoms with E-state index in [9.17, 15) is 9.59 Å². The molecule has 0 aliphatic heterocycles. The molecule has 0 saturated heterocycles. The lowest BCUT2D eigenvalue weighted by Gasteiger charge is -2.55. The summed E-state index contributed by atoms with van der Waals surface area (Å²) in [4.78, 5) is 25.6. The molecule has 0 spiro atoms. The van der Waals surface area contributed by atoms with E-state index in [0.717, 1.165) is 17.6 Å². The quantitative estimate of drug-likeness (QED) is 0.790. The van der Waals surface area contributed by atoms with Crippen molar-refractivity contribution in [1.29, 1.82) is 0 Å². The Morgan fingerprint density at radius 1 is 1.21 bits per heavy atom. The summed E-state index contributed by atoms with van der Waals surface area (Å²) in [5, 5.41) is 0. The molecule has 0 radical (unpaired) electrons. The molecular weight excluding hydrogens is 256 g/mol. The van der Waals surface area contributed by atoms with E-state index in [2.05, 4.69) is 13.8 Å². The van der Waals surface area contributed by atoms with Crippen molar-refractivity contribution in [2.75, 3.05) is 0 Å². The summed E-state index contributed by atoms with van der Waals surface area (Å²) in [5.74, 6) is 0.495. The normalized spacial score (nSPS) is 28.0. The molecule has 0 amide bonds. The molecule has 3 aliphatic rings. The van der Waals surface area contributed by atoms with Crippen molar-refractivity contribution in [2.24, 2.45) is 17.3 Å². The van der Waals surface area contributed by atoms with Crippen LogP contribution in [0.1, 0.15) is 20.3 Å². The highest BCUT2D eigenvalue weighted by Crippen LogP contribution is 2.60. The number of aldehydes is 1. The van der Waals surface area contributed by atoms with E-state index in [1.54, 1.807) is 0 Å². The van der Waals surface area contributed by atoms with Gasteiger partial charge in [0, 0.05) is 16.4 Å². The molecular formula is C16H16O2S. The van der Waals surface area contributed by atoms with Gasteiger partial charge in [-0.2, -0.15) is 0 Å². The number of hydrogen-bond donors (Lipinski definition) is 0. The predicted molar refractivity (Wildman–Crippen MR) is 75.8 cm³/mol. The number of hydrogen-bond acceptors (Lipinski definition) is 3. The number of Topliss-reactive ketones (excluding diaryl/α,β-unsaturated/α-hetero) is 1. The number of ketones is 1. The van der Waals surface area contributed by atoms with Gasteiger partial charge in [-0.1, -0.05) is 43.8 Å². The Morgan fingerprint density at radius 2 is 1.89 bits per heavy atom. The fourth-order valence-electron chi connectivity index (χ4n) is 3.21. The second-order valence-corrected chi connectivity index (χ2v) is 6.93. The first-order valence-corrected chi connectivity index (χ1v) is 7.34. The van der Waals surface area contributed by atoms with Crippen LogP contribution in [0.25, 0.3) is 0 Å². The summed E-state index contributed by atoms with van der Waals surface area (Å²) in [5.41, 5.74) is 0.667. The van der Waals surface area contributed by atoms with Crippen LogP contribution in [-0.2, 0) is 9.59 Å². The van der Waals surface area contributed by atoms with Crippen LogP contribution >= 0.6 is 11.8 Å². The van der Waals surface area contributed by atoms with E-state index in [-0.39, 0.29) is 23.0 Å². The van der Waals surface area contributed by atoms with E-state index in [4.69, 9.17) is 0 Å². The van der Waals surface area contributed by atoms with Gasteiger partial charge >= 0.3 is 0 Å². The monoisotopic (exact) mass is 272 g/mol. The topological polar surface area (TPSA) is 34.1 Å². The van der Waals surface area contributed by atoms with E-state index in [0.29, 0.717) is 10.5 Å². The zero-order valence-corrected chi connectivity index (χ0v) is 11.9. The summed E-state index contributed by atoms with van der Waals surface area (Å²) in [6.07, 6.45) is 1.74. The van der Waals surface area contributed by atoms with E-state index >= 15 is 0 Å². The van der Waals surface area contributed by atoms with Gasteiger partial charge in [0.25, 0.3) is 0 Å². The van der Waals surface area contributed by atoms with Crippen molar-refractivity contribution in [3.63, 3.8) is 0 Å². The van der Waals surface area contributed by atoms with Crippen LogP contribution in [0.5, 0.6) is 0 Å². The van der Waals surface area contributed by atoms with Gasteiger partial charge in [-0.3, -0.25) is 9.59 Å². The third-order valence-corrected chi connectivity index (χ3v) is 5.68. The molecule has 0 aromatic heterocycles. The number of allylic oxidation sites excluding steroid dienone is 2. The molecule has 2 atom stereocenters. The Kier molecular flexibility index (Phi) is 2.90. The second-order valence-electron chi connectivity index (χ2n) is 5.84. The van der Waals surface area contributed by atoms with Gasteiger partial charge < -0.3 is 0 Å². The molecule has 3 heteroatoms. The second kappa shape index (κ2) is 4.34. The van der Waals surface area contributed by atoms with Gasteiger partial charge in [-0.15, -0.1) is 0 Å². The molecule has 2 bridgehead atoms. The standard InChI is InChI=1S/C16H16O2S/c1-16(2)12-8-13(16)14(18)15(11(12)9-17)19-10-6-4-3-5-7-10/h3-7,9,12-13H,8H2,1-2H3/t12-,13+/m0/s1. The van der Waals surface area contributed by atoms with Crippen molar-refractivity contribution in [3.05, 3.63) is 40.8 Å². The summed E-state index contributed by atoms with van der Waals surface area (Å²) >= 11 is 1.44. The van der Waals surface area contributed by atoms with Gasteiger partial charge in [0.2, 0.25) is 0 Å². The van der Waals surface area contributed by atoms with Crippen LogP contribution in [0, 0.1) is 17.3 Å². The molecule has 1 aromatic rings. The maximum absolute atomic E-state index is 12.5. The van der Waals surface area contributed by atoms with Crippen molar-refractivity contribution in [3.8, 4) is 0 Å². The van der Waals surface area contributed by atoms with Gasteiger partial charge in [0.15, 0.2) is 5.78 Å². The summed E-state index contributed by atoms with van der Waals surface area (Å²) in [6.45, 7) is 4.19. The Bertz CT molecular complexity index is 572. The highest BCUT2D eigenvalue weighted by Gasteiger charge is 2.57. The molecule has 4 rings (SSSR count). The van der Waals surface area contributed by atoms with Crippen LogP contribution in [0.3, 0.4) is 0 Å². The van der Waals surface area contributed by atoms with Gasteiger partial charge in [0.05, 0.1) is 4.91 Å². The van der Waals surface area contributed by atoms with Gasteiger partial charge in [-0.25, -0.2) is 0 Å². The van der Waals surface area contributed by atoms with Crippen molar-refractivity contribution >= 4 is 23.8 Å². The smallest absolute Gasteiger partial charge is 0.173 e. The molecule has 98 valence electrons. The number of carbonyl (C=O) groups excluding carboxylic acids is 2. The average Bonchev–Trinajstić information content (AvgIpc) is 2.41. The number of carbonyl (C=O) groups is 2. The molecule has 1 aromatic carbocycles. The largest absolute Gasteiger partial charge is 0.298 e. The maximum atomic E-state index is 12.5. The lowest BCUT2D eigenvalue weighted by atomic mass is 9.48. The lowest BCUT2D eigenvalue weighted by Crippen LogP contribution is -2.54. The summed E-state index contributed by atoms with van der Waals surface area (Å²) < 4.78 is 0.